The maximum atomic E-state index is 13.3. The molecule has 184 valence electrons. The lowest BCUT2D eigenvalue weighted by Gasteiger charge is -2.31. The third-order valence-corrected chi connectivity index (χ3v) is 7.04. The number of hydrogen-bond donors (Lipinski definition) is 1. The van der Waals surface area contributed by atoms with Crippen LogP contribution in [0.3, 0.4) is 0 Å². The quantitative estimate of drug-likeness (QED) is 0.480. The fraction of sp³-hybridized carbons (Fsp3) is 0.400. The summed E-state index contributed by atoms with van der Waals surface area (Å²) in [5.74, 6) is 0.714. The molecule has 3 aromatic rings. The highest BCUT2D eigenvalue weighted by molar-refractivity contribution is 6.30. The van der Waals surface area contributed by atoms with Gasteiger partial charge in [0.15, 0.2) is 0 Å². The highest BCUT2D eigenvalue weighted by atomic mass is 35.5. The number of hydrogen-bond acceptors (Lipinski definition) is 3. The van der Waals surface area contributed by atoms with E-state index in [0.717, 1.165) is 36.5 Å². The zero-order chi connectivity index (χ0) is 24.6. The molecular formula is C25H25ClF3N5O. The third kappa shape index (κ3) is 5.00. The molecule has 0 unspecified atom stereocenters. The van der Waals surface area contributed by atoms with Crippen LogP contribution in [0.15, 0.2) is 48.8 Å². The molecule has 1 N–H and O–H groups in total. The summed E-state index contributed by atoms with van der Waals surface area (Å²) in [5.41, 5.74) is 1.78. The van der Waals surface area contributed by atoms with E-state index in [9.17, 15) is 18.0 Å². The van der Waals surface area contributed by atoms with Crippen molar-refractivity contribution < 1.29 is 18.0 Å². The smallest absolute Gasteiger partial charge is 0.331 e. The van der Waals surface area contributed by atoms with Gasteiger partial charge >= 0.3 is 12.2 Å². The predicted octanol–water partition coefficient (Wildman–Crippen LogP) is 5.92. The molecule has 1 aliphatic heterocycles. The van der Waals surface area contributed by atoms with Crippen molar-refractivity contribution in [2.75, 3.05) is 6.54 Å². The summed E-state index contributed by atoms with van der Waals surface area (Å²) >= 11 is 5.99. The summed E-state index contributed by atoms with van der Waals surface area (Å²) in [6, 6.07) is 10.5. The lowest BCUT2D eigenvalue weighted by Crippen LogP contribution is -2.42. The second-order valence-electron chi connectivity index (χ2n) is 9.06. The molecule has 0 radical (unpaired) electrons. The maximum absolute atomic E-state index is 13.3. The van der Waals surface area contributed by atoms with Gasteiger partial charge in [-0.05, 0) is 73.1 Å². The Balaban J connectivity index is 1.32. The number of rotatable bonds is 4. The maximum Gasteiger partial charge on any atom is 0.416 e. The van der Waals surface area contributed by atoms with Crippen molar-refractivity contribution in [3.8, 4) is 0 Å². The molecule has 2 heterocycles. The van der Waals surface area contributed by atoms with E-state index in [0.29, 0.717) is 42.3 Å². The summed E-state index contributed by atoms with van der Waals surface area (Å²) < 4.78 is 41.2. The van der Waals surface area contributed by atoms with Crippen molar-refractivity contribution >= 4 is 17.6 Å². The van der Waals surface area contributed by atoms with E-state index in [4.69, 9.17) is 11.6 Å². The molecule has 1 fully saturated rings. The molecule has 1 aliphatic carbocycles. The van der Waals surface area contributed by atoms with E-state index in [1.165, 1.54) is 18.5 Å². The number of aryl methyl sites for hydroxylation is 1. The number of urea groups is 1. The fourth-order valence-electron chi connectivity index (χ4n) is 5.07. The number of carbonyl (C=O) groups is 1. The van der Waals surface area contributed by atoms with Crippen LogP contribution in [0.25, 0.3) is 0 Å². The summed E-state index contributed by atoms with van der Waals surface area (Å²) in [4.78, 5) is 19.5. The van der Waals surface area contributed by atoms with Gasteiger partial charge in [-0.1, -0.05) is 29.8 Å². The van der Waals surface area contributed by atoms with E-state index >= 15 is 0 Å². The summed E-state index contributed by atoms with van der Waals surface area (Å²) in [6.07, 6.45) is 0.704. The first-order chi connectivity index (χ1) is 16.8. The molecule has 35 heavy (non-hydrogen) atoms. The van der Waals surface area contributed by atoms with Crippen molar-refractivity contribution in [2.45, 2.75) is 56.9 Å². The van der Waals surface area contributed by atoms with Gasteiger partial charge < -0.3 is 10.2 Å². The summed E-state index contributed by atoms with van der Waals surface area (Å²) in [5, 5.41) is 8.10. The lowest BCUT2D eigenvalue weighted by molar-refractivity contribution is -0.137. The van der Waals surface area contributed by atoms with Crippen LogP contribution in [0.2, 0.25) is 5.02 Å². The molecule has 6 nitrogen and oxygen atoms in total. The number of carbonyl (C=O) groups excluding carboxylic acids is 1. The highest BCUT2D eigenvalue weighted by Gasteiger charge is 2.36. The molecule has 2 atom stereocenters. The highest BCUT2D eigenvalue weighted by Crippen LogP contribution is 2.37. The molecule has 2 aliphatic rings. The molecule has 0 saturated carbocycles. The minimum atomic E-state index is -4.38. The van der Waals surface area contributed by atoms with Crippen LogP contribution >= 0.6 is 11.6 Å². The molecule has 2 amide bonds. The zero-order valence-electron chi connectivity index (χ0n) is 18.9. The first-order valence-corrected chi connectivity index (χ1v) is 12.1. The Morgan fingerprint density at radius 3 is 2.69 bits per heavy atom. The van der Waals surface area contributed by atoms with Crippen LogP contribution in [0.1, 0.15) is 65.8 Å². The average Bonchev–Trinajstić information content (AvgIpc) is 3.49. The Kier molecular flexibility index (Phi) is 6.44. The van der Waals surface area contributed by atoms with Gasteiger partial charge in [0.05, 0.1) is 24.2 Å². The van der Waals surface area contributed by atoms with Crippen LogP contribution in [0, 0.1) is 0 Å². The van der Waals surface area contributed by atoms with E-state index in [2.05, 4.69) is 15.4 Å². The van der Waals surface area contributed by atoms with Crippen molar-refractivity contribution in [3.63, 3.8) is 0 Å². The van der Waals surface area contributed by atoms with Crippen LogP contribution in [-0.2, 0) is 19.1 Å². The van der Waals surface area contributed by atoms with Crippen LogP contribution in [-0.4, -0.2) is 32.2 Å². The molecule has 0 bridgehead atoms. The van der Waals surface area contributed by atoms with Gasteiger partial charge in [0.2, 0.25) is 0 Å². The van der Waals surface area contributed by atoms with Gasteiger partial charge in [0, 0.05) is 11.6 Å². The number of likely N-dealkylation sites (tertiary alicyclic amines) is 1. The molecule has 0 spiro atoms. The molecule has 2 aromatic carbocycles. The number of alkyl halides is 3. The van der Waals surface area contributed by atoms with E-state index in [1.807, 2.05) is 24.3 Å². The molecule has 10 heteroatoms. The van der Waals surface area contributed by atoms with Crippen LogP contribution in [0.5, 0.6) is 0 Å². The number of benzene rings is 2. The molecule has 1 saturated heterocycles. The number of aromatic nitrogens is 3. The number of nitrogens with one attached hydrogen (secondary N) is 1. The van der Waals surface area contributed by atoms with Crippen molar-refractivity contribution in [2.24, 2.45) is 0 Å². The molecule has 1 aromatic heterocycles. The van der Waals surface area contributed by atoms with Gasteiger partial charge in [0.25, 0.3) is 0 Å². The summed E-state index contributed by atoms with van der Waals surface area (Å²) in [7, 11) is 0. The van der Waals surface area contributed by atoms with E-state index in [1.54, 1.807) is 9.58 Å². The Labute approximate surface area is 206 Å². The Morgan fingerprint density at radius 1 is 1.11 bits per heavy atom. The van der Waals surface area contributed by atoms with Crippen LogP contribution in [0.4, 0.5) is 18.0 Å². The Bertz CT molecular complexity index is 1210. The first-order valence-electron chi connectivity index (χ1n) is 11.7. The third-order valence-electron chi connectivity index (χ3n) is 6.79. The second kappa shape index (κ2) is 9.53. The number of halogens is 4. The van der Waals surface area contributed by atoms with Crippen molar-refractivity contribution in [3.05, 3.63) is 81.9 Å². The van der Waals surface area contributed by atoms with Crippen molar-refractivity contribution in [1.29, 1.82) is 0 Å². The first kappa shape index (κ1) is 23.7. The van der Waals surface area contributed by atoms with Gasteiger partial charge in [0.1, 0.15) is 12.2 Å². The van der Waals surface area contributed by atoms with E-state index in [-0.39, 0.29) is 18.1 Å². The van der Waals surface area contributed by atoms with Gasteiger partial charge in [-0.25, -0.2) is 14.5 Å². The number of amides is 2. The second-order valence-corrected chi connectivity index (χ2v) is 9.50. The van der Waals surface area contributed by atoms with Crippen molar-refractivity contribution in [1.82, 2.24) is 25.0 Å². The molecular weight excluding hydrogens is 479 g/mol. The number of nitrogens with zero attached hydrogens (tertiary/aromatic N) is 4. The SMILES string of the molecule is O=C(N[C@H]1CCCc2cc(C(F)(F)F)ccc21)N1CCC[C@@H]1c1ncnn1Cc1ccc(Cl)cc1. The van der Waals surface area contributed by atoms with Gasteiger partial charge in [-0.3, -0.25) is 0 Å². The van der Waals surface area contributed by atoms with Crippen LogP contribution < -0.4 is 5.32 Å². The Morgan fingerprint density at radius 2 is 1.91 bits per heavy atom. The van der Waals surface area contributed by atoms with Gasteiger partial charge in [-0.2, -0.15) is 18.3 Å². The minimum Gasteiger partial charge on any atom is -0.331 e. The molecule has 5 rings (SSSR count). The minimum absolute atomic E-state index is 0.222. The van der Waals surface area contributed by atoms with E-state index < -0.39 is 11.7 Å². The zero-order valence-corrected chi connectivity index (χ0v) is 19.7. The monoisotopic (exact) mass is 503 g/mol. The normalized spacial score (nSPS) is 20.1. The Hall–Kier alpha value is -3.07. The fourth-order valence-corrected chi connectivity index (χ4v) is 5.19. The topological polar surface area (TPSA) is 63.1 Å². The lowest BCUT2D eigenvalue weighted by atomic mass is 9.86. The average molecular weight is 504 g/mol. The van der Waals surface area contributed by atoms with Gasteiger partial charge in [-0.15, -0.1) is 0 Å². The predicted molar refractivity (Wildman–Crippen MR) is 125 cm³/mol. The number of fused-ring (bicyclic) bond motifs is 1. The largest absolute Gasteiger partial charge is 0.416 e. The summed E-state index contributed by atoms with van der Waals surface area (Å²) in [6.45, 7) is 1.09. The standard InChI is InChI=1S/C25H25ClF3N5O/c26-19-9-6-16(7-10-19)14-34-23(30-15-31-34)22-5-2-12-33(22)24(35)32-21-4-1-3-17-13-18(25(27,28)29)8-11-20(17)21/h6-11,13,15,21-22H,1-5,12,14H2,(H,32,35)/t21-,22+/m0/s1.